The van der Waals surface area contributed by atoms with Gasteiger partial charge in [-0.2, -0.15) is 0 Å². The number of allylic oxidation sites excluding steroid dienone is 7. The minimum Gasteiger partial charge on any atom is -0.385 e. The Kier molecular flexibility index (Phi) is 8.01. The summed E-state index contributed by atoms with van der Waals surface area (Å²) in [5.74, 6) is 0.677. The topological polar surface area (TPSA) is 12.0 Å². The van der Waals surface area contributed by atoms with Crippen molar-refractivity contribution in [2.45, 2.75) is 60.3 Å². The summed E-state index contributed by atoms with van der Waals surface area (Å²) in [6.45, 7) is 16.2. The Bertz CT molecular complexity index is 500. The highest BCUT2D eigenvalue weighted by atomic mass is 14.9. The molecule has 0 saturated heterocycles. The lowest BCUT2D eigenvalue weighted by Crippen LogP contribution is -2.15. The van der Waals surface area contributed by atoms with Gasteiger partial charge < -0.3 is 5.32 Å². The van der Waals surface area contributed by atoms with E-state index in [1.165, 1.54) is 22.3 Å². The predicted molar refractivity (Wildman–Crippen MR) is 99.8 cm³/mol. The van der Waals surface area contributed by atoms with Crippen LogP contribution in [0.15, 0.2) is 58.9 Å². The van der Waals surface area contributed by atoms with Crippen molar-refractivity contribution < 1.29 is 0 Å². The molecule has 0 aromatic heterocycles. The zero-order valence-electron chi connectivity index (χ0n) is 15.1. The van der Waals surface area contributed by atoms with E-state index in [1.807, 2.05) is 0 Å². The van der Waals surface area contributed by atoms with Crippen LogP contribution >= 0.6 is 0 Å². The van der Waals surface area contributed by atoms with E-state index in [9.17, 15) is 0 Å². The first kappa shape index (κ1) is 18.5. The second-order valence-electron chi connectivity index (χ2n) is 6.01. The van der Waals surface area contributed by atoms with Crippen LogP contribution in [0.5, 0.6) is 0 Å². The van der Waals surface area contributed by atoms with Crippen LogP contribution in [0.1, 0.15) is 60.3 Å². The van der Waals surface area contributed by atoms with Crippen LogP contribution in [0.4, 0.5) is 0 Å². The molecule has 0 amide bonds. The maximum Gasteiger partial charge on any atom is 0.0340 e. The predicted octanol–water partition coefficient (Wildman–Crippen LogP) is 6.09. The van der Waals surface area contributed by atoms with Crippen molar-refractivity contribution in [1.82, 2.24) is 5.32 Å². The lowest BCUT2D eigenvalue weighted by molar-refractivity contribution is 0.774. The minimum absolute atomic E-state index is 0.677. The molecule has 0 radical (unpaired) electrons. The van der Waals surface area contributed by atoms with Crippen molar-refractivity contribution >= 4 is 0 Å². The quantitative estimate of drug-likeness (QED) is 0.482. The highest BCUT2D eigenvalue weighted by molar-refractivity contribution is 5.50. The Hall–Kier alpha value is -1.50. The number of nitrogens with one attached hydrogen (secondary N) is 1. The summed E-state index contributed by atoms with van der Waals surface area (Å²) < 4.78 is 0. The van der Waals surface area contributed by atoms with Crippen LogP contribution in [0.25, 0.3) is 0 Å². The van der Waals surface area contributed by atoms with Crippen LogP contribution in [-0.4, -0.2) is 6.54 Å². The second-order valence-corrected chi connectivity index (χ2v) is 6.01. The van der Waals surface area contributed by atoms with Crippen LogP contribution in [0.3, 0.4) is 0 Å². The van der Waals surface area contributed by atoms with Gasteiger partial charge in [0, 0.05) is 12.2 Å². The van der Waals surface area contributed by atoms with E-state index in [1.54, 1.807) is 0 Å². The molecular formula is C21H33N. The number of hydrogen-bond donors (Lipinski definition) is 1. The maximum absolute atomic E-state index is 4.22. The van der Waals surface area contributed by atoms with E-state index in [2.05, 4.69) is 70.8 Å². The Labute approximate surface area is 137 Å². The molecule has 1 aliphatic rings. The van der Waals surface area contributed by atoms with E-state index in [0.717, 1.165) is 37.9 Å². The monoisotopic (exact) mass is 299 g/mol. The lowest BCUT2D eigenvalue weighted by Gasteiger charge is -2.16. The molecule has 1 rings (SSSR count). The van der Waals surface area contributed by atoms with Gasteiger partial charge in [0.2, 0.25) is 0 Å². The molecule has 0 bridgehead atoms. The summed E-state index contributed by atoms with van der Waals surface area (Å²) in [7, 11) is 0. The van der Waals surface area contributed by atoms with Crippen LogP contribution in [-0.2, 0) is 0 Å². The molecule has 1 heteroatoms. The highest BCUT2D eigenvalue weighted by Crippen LogP contribution is 2.36. The fraction of sp³-hybridized carbons (Fsp3) is 0.524. The van der Waals surface area contributed by atoms with Crippen molar-refractivity contribution in [1.29, 1.82) is 0 Å². The first-order chi connectivity index (χ1) is 10.6. The third kappa shape index (κ3) is 5.36. The molecular weight excluding hydrogens is 266 g/mol. The number of hydrogen-bond acceptors (Lipinski definition) is 1. The summed E-state index contributed by atoms with van der Waals surface area (Å²) in [4.78, 5) is 0. The summed E-state index contributed by atoms with van der Waals surface area (Å²) in [5.41, 5.74) is 6.70. The Morgan fingerprint density at radius 1 is 1.23 bits per heavy atom. The molecule has 0 aliphatic heterocycles. The Balaban J connectivity index is 2.94. The Morgan fingerprint density at radius 2 is 1.91 bits per heavy atom. The fourth-order valence-corrected chi connectivity index (χ4v) is 2.74. The molecule has 0 fully saturated rings. The molecule has 1 nitrogen and oxygen atoms in total. The fourth-order valence-electron chi connectivity index (χ4n) is 2.74. The molecule has 22 heavy (non-hydrogen) atoms. The normalized spacial score (nSPS) is 19.0. The Morgan fingerprint density at radius 3 is 2.36 bits per heavy atom. The van der Waals surface area contributed by atoms with Gasteiger partial charge in [0.15, 0.2) is 0 Å². The molecule has 1 aliphatic carbocycles. The van der Waals surface area contributed by atoms with Gasteiger partial charge in [-0.15, -0.1) is 0 Å². The minimum atomic E-state index is 0.677. The van der Waals surface area contributed by atoms with Crippen molar-refractivity contribution in [3.63, 3.8) is 0 Å². The van der Waals surface area contributed by atoms with E-state index >= 15 is 0 Å². The van der Waals surface area contributed by atoms with Crippen molar-refractivity contribution in [2.75, 3.05) is 6.54 Å². The molecule has 0 spiro atoms. The van der Waals surface area contributed by atoms with Crippen LogP contribution in [0.2, 0.25) is 0 Å². The zero-order valence-corrected chi connectivity index (χ0v) is 15.1. The van der Waals surface area contributed by atoms with Gasteiger partial charge in [0.25, 0.3) is 0 Å². The van der Waals surface area contributed by atoms with Gasteiger partial charge >= 0.3 is 0 Å². The first-order valence-corrected chi connectivity index (χ1v) is 8.80. The van der Waals surface area contributed by atoms with E-state index < -0.39 is 0 Å². The number of rotatable bonds is 10. The van der Waals surface area contributed by atoms with Gasteiger partial charge in [0.1, 0.15) is 0 Å². The van der Waals surface area contributed by atoms with Gasteiger partial charge in [-0.3, -0.25) is 0 Å². The van der Waals surface area contributed by atoms with E-state index in [-0.39, 0.29) is 0 Å². The molecule has 1 unspecified atom stereocenters. The summed E-state index contributed by atoms with van der Waals surface area (Å²) in [6.07, 6.45) is 13.6. The first-order valence-electron chi connectivity index (χ1n) is 8.80. The average molecular weight is 300 g/mol. The molecule has 0 saturated carbocycles. The van der Waals surface area contributed by atoms with Crippen molar-refractivity contribution in [3.8, 4) is 0 Å². The summed E-state index contributed by atoms with van der Waals surface area (Å²) in [5, 5.41) is 3.43. The molecule has 122 valence electrons. The van der Waals surface area contributed by atoms with Gasteiger partial charge in [-0.05, 0) is 54.4 Å². The average Bonchev–Trinajstić information content (AvgIpc) is 3.23. The SMILES string of the molecule is C=C(NCCC)C(=C/C)/C(=C/C=C(\CC)C1=CC1C)CCC. The standard InChI is InChI=1S/C21H33N/c1-7-11-19(20(10-4)17(6)22-14-8-2)13-12-18(9-3)21-15-16(21)5/h10,12-13,15-16,22H,6-9,11,14H2,1-5H3/b18-12+,19-13+,20-10-. The third-order valence-corrected chi connectivity index (χ3v) is 4.12. The lowest BCUT2D eigenvalue weighted by atomic mass is 9.97. The molecule has 0 heterocycles. The van der Waals surface area contributed by atoms with Crippen LogP contribution in [0, 0.1) is 5.92 Å². The maximum atomic E-state index is 4.22. The van der Waals surface area contributed by atoms with E-state index in [0.29, 0.717) is 5.92 Å². The molecule has 0 aromatic rings. The highest BCUT2D eigenvalue weighted by Gasteiger charge is 2.21. The zero-order chi connectivity index (χ0) is 16.5. The summed E-state index contributed by atoms with van der Waals surface area (Å²) >= 11 is 0. The smallest absolute Gasteiger partial charge is 0.0340 e. The largest absolute Gasteiger partial charge is 0.385 e. The molecule has 1 N–H and O–H groups in total. The van der Waals surface area contributed by atoms with E-state index in [4.69, 9.17) is 0 Å². The van der Waals surface area contributed by atoms with Crippen LogP contribution < -0.4 is 5.32 Å². The van der Waals surface area contributed by atoms with Gasteiger partial charge in [-0.1, -0.05) is 65.0 Å². The summed E-state index contributed by atoms with van der Waals surface area (Å²) in [6, 6.07) is 0. The van der Waals surface area contributed by atoms with Crippen molar-refractivity contribution in [2.24, 2.45) is 5.92 Å². The third-order valence-electron chi connectivity index (χ3n) is 4.12. The van der Waals surface area contributed by atoms with Gasteiger partial charge in [0.05, 0.1) is 0 Å². The van der Waals surface area contributed by atoms with Gasteiger partial charge in [-0.25, -0.2) is 0 Å². The molecule has 0 aromatic carbocycles. The molecule has 1 atom stereocenters. The second kappa shape index (κ2) is 9.50. The van der Waals surface area contributed by atoms with Crippen molar-refractivity contribution in [3.05, 3.63) is 58.9 Å².